The van der Waals surface area contributed by atoms with E-state index in [4.69, 9.17) is 25.6 Å². The summed E-state index contributed by atoms with van der Waals surface area (Å²) in [6.07, 6.45) is 5.91. The SMILES string of the molecule is Clc1ccc(-c2noc(CCN3CCC(OCC4CCCO4)CC3)n2)cc1. The quantitative estimate of drug-likeness (QED) is 0.718. The van der Waals surface area contributed by atoms with E-state index in [1.165, 1.54) is 6.42 Å². The van der Waals surface area contributed by atoms with Crippen molar-refractivity contribution in [2.45, 2.75) is 44.3 Å². The van der Waals surface area contributed by atoms with E-state index < -0.39 is 0 Å². The zero-order valence-electron chi connectivity index (χ0n) is 15.5. The molecule has 1 atom stereocenters. The van der Waals surface area contributed by atoms with Crippen LogP contribution < -0.4 is 0 Å². The second-order valence-electron chi connectivity index (χ2n) is 7.28. The molecule has 0 bridgehead atoms. The highest BCUT2D eigenvalue weighted by Gasteiger charge is 2.23. The highest BCUT2D eigenvalue weighted by molar-refractivity contribution is 6.30. The Morgan fingerprint density at radius 2 is 1.96 bits per heavy atom. The van der Waals surface area contributed by atoms with Gasteiger partial charge in [-0.15, -0.1) is 0 Å². The zero-order valence-corrected chi connectivity index (χ0v) is 16.2. The number of benzene rings is 1. The third-order valence-corrected chi connectivity index (χ3v) is 5.54. The van der Waals surface area contributed by atoms with E-state index >= 15 is 0 Å². The average Bonchev–Trinajstić information content (AvgIpc) is 3.38. The summed E-state index contributed by atoms with van der Waals surface area (Å²) < 4.78 is 17.1. The lowest BCUT2D eigenvalue weighted by Crippen LogP contribution is -2.38. The molecule has 2 saturated heterocycles. The maximum absolute atomic E-state index is 6.04. The van der Waals surface area contributed by atoms with Gasteiger partial charge in [-0.2, -0.15) is 4.98 Å². The second kappa shape index (κ2) is 9.15. The zero-order chi connectivity index (χ0) is 18.5. The number of ether oxygens (including phenoxy) is 2. The van der Waals surface area contributed by atoms with Gasteiger partial charge in [0.25, 0.3) is 0 Å². The molecule has 0 N–H and O–H groups in total. The first kappa shape index (κ1) is 18.9. The number of piperidine rings is 1. The second-order valence-corrected chi connectivity index (χ2v) is 7.71. The molecule has 3 heterocycles. The third kappa shape index (κ3) is 5.29. The molecule has 2 aliphatic rings. The molecule has 4 rings (SSSR count). The maximum atomic E-state index is 6.04. The maximum Gasteiger partial charge on any atom is 0.228 e. The predicted octanol–water partition coefficient (Wildman–Crippen LogP) is 3.59. The first-order valence-electron chi connectivity index (χ1n) is 9.80. The number of rotatable bonds is 7. The molecule has 27 heavy (non-hydrogen) atoms. The fraction of sp³-hybridized carbons (Fsp3) is 0.600. The highest BCUT2D eigenvalue weighted by atomic mass is 35.5. The van der Waals surface area contributed by atoms with Gasteiger partial charge in [0, 0.05) is 43.2 Å². The van der Waals surface area contributed by atoms with Crippen molar-refractivity contribution in [2.75, 3.05) is 32.8 Å². The summed E-state index contributed by atoms with van der Waals surface area (Å²) in [6, 6.07) is 7.46. The van der Waals surface area contributed by atoms with Crippen LogP contribution in [-0.4, -0.2) is 60.1 Å². The number of halogens is 1. The molecule has 0 aliphatic carbocycles. The Hall–Kier alpha value is -1.47. The normalized spacial score (nSPS) is 21.7. The van der Waals surface area contributed by atoms with E-state index in [0.717, 1.165) is 64.1 Å². The van der Waals surface area contributed by atoms with Crippen LogP contribution in [0.15, 0.2) is 28.8 Å². The van der Waals surface area contributed by atoms with Crippen LogP contribution in [-0.2, 0) is 15.9 Å². The number of aromatic nitrogens is 2. The van der Waals surface area contributed by atoms with Crippen molar-refractivity contribution in [3.8, 4) is 11.4 Å². The van der Waals surface area contributed by atoms with Crippen LogP contribution in [0, 0.1) is 0 Å². The molecule has 6 nitrogen and oxygen atoms in total. The minimum atomic E-state index is 0.315. The largest absolute Gasteiger partial charge is 0.376 e. The Morgan fingerprint density at radius 1 is 1.15 bits per heavy atom. The van der Waals surface area contributed by atoms with Gasteiger partial charge >= 0.3 is 0 Å². The van der Waals surface area contributed by atoms with Crippen molar-refractivity contribution in [2.24, 2.45) is 0 Å². The van der Waals surface area contributed by atoms with Crippen molar-refractivity contribution in [3.63, 3.8) is 0 Å². The van der Waals surface area contributed by atoms with Crippen molar-refractivity contribution in [1.29, 1.82) is 0 Å². The van der Waals surface area contributed by atoms with Gasteiger partial charge in [0.05, 0.1) is 18.8 Å². The number of nitrogens with zero attached hydrogens (tertiary/aromatic N) is 3. The van der Waals surface area contributed by atoms with Crippen LogP contribution in [0.5, 0.6) is 0 Å². The molecule has 1 unspecified atom stereocenters. The molecule has 146 valence electrons. The highest BCUT2D eigenvalue weighted by Crippen LogP contribution is 2.20. The Morgan fingerprint density at radius 3 is 2.70 bits per heavy atom. The van der Waals surface area contributed by atoms with Gasteiger partial charge in [-0.1, -0.05) is 16.8 Å². The van der Waals surface area contributed by atoms with E-state index in [2.05, 4.69) is 15.0 Å². The van der Waals surface area contributed by atoms with Gasteiger partial charge in [0.15, 0.2) is 0 Å². The molecular weight excluding hydrogens is 366 g/mol. The van der Waals surface area contributed by atoms with Crippen LogP contribution in [0.4, 0.5) is 0 Å². The Balaban J connectivity index is 1.18. The molecule has 0 radical (unpaired) electrons. The topological polar surface area (TPSA) is 60.6 Å². The van der Waals surface area contributed by atoms with Gasteiger partial charge in [-0.25, -0.2) is 0 Å². The first-order valence-corrected chi connectivity index (χ1v) is 10.2. The van der Waals surface area contributed by atoms with Gasteiger partial charge < -0.3 is 18.9 Å². The van der Waals surface area contributed by atoms with Crippen molar-refractivity contribution in [3.05, 3.63) is 35.2 Å². The minimum absolute atomic E-state index is 0.315. The van der Waals surface area contributed by atoms with E-state index in [1.54, 1.807) is 0 Å². The average molecular weight is 392 g/mol. The van der Waals surface area contributed by atoms with Crippen LogP contribution >= 0.6 is 11.6 Å². The van der Waals surface area contributed by atoms with Gasteiger partial charge in [0.1, 0.15) is 0 Å². The standard InChI is InChI=1S/C20H26ClN3O3/c21-16-5-3-15(4-6-16)20-22-19(27-23-20)9-12-24-10-7-17(8-11-24)26-14-18-2-1-13-25-18/h3-6,17-18H,1-2,7-14H2. The molecule has 2 fully saturated rings. The Kier molecular flexibility index (Phi) is 6.39. The number of likely N-dealkylation sites (tertiary alicyclic amines) is 1. The molecule has 7 heteroatoms. The molecule has 2 aliphatic heterocycles. The first-order chi connectivity index (χ1) is 13.3. The Labute approximate surface area is 164 Å². The fourth-order valence-corrected chi connectivity index (χ4v) is 3.77. The lowest BCUT2D eigenvalue weighted by Gasteiger charge is -2.32. The third-order valence-electron chi connectivity index (χ3n) is 5.29. The summed E-state index contributed by atoms with van der Waals surface area (Å²) in [7, 11) is 0. The summed E-state index contributed by atoms with van der Waals surface area (Å²) in [5, 5.41) is 4.77. The summed E-state index contributed by atoms with van der Waals surface area (Å²) in [5.74, 6) is 1.29. The molecule has 0 amide bonds. The van der Waals surface area contributed by atoms with Crippen LogP contribution in [0.25, 0.3) is 11.4 Å². The molecule has 1 aromatic carbocycles. The number of hydrogen-bond donors (Lipinski definition) is 0. The summed E-state index contributed by atoms with van der Waals surface area (Å²) in [4.78, 5) is 6.94. The number of hydrogen-bond acceptors (Lipinski definition) is 6. The molecule has 0 saturated carbocycles. The van der Waals surface area contributed by atoms with E-state index in [1.807, 2.05) is 24.3 Å². The Bertz CT molecular complexity index is 708. The lowest BCUT2D eigenvalue weighted by molar-refractivity contribution is -0.0418. The van der Waals surface area contributed by atoms with E-state index in [0.29, 0.717) is 28.9 Å². The lowest BCUT2D eigenvalue weighted by atomic mass is 10.1. The predicted molar refractivity (Wildman–Crippen MR) is 103 cm³/mol. The van der Waals surface area contributed by atoms with Crippen LogP contribution in [0.3, 0.4) is 0 Å². The van der Waals surface area contributed by atoms with Crippen LogP contribution in [0.2, 0.25) is 5.02 Å². The van der Waals surface area contributed by atoms with Crippen molar-refractivity contribution >= 4 is 11.6 Å². The monoisotopic (exact) mass is 391 g/mol. The van der Waals surface area contributed by atoms with Gasteiger partial charge in [-0.05, 0) is 49.9 Å². The van der Waals surface area contributed by atoms with Gasteiger partial charge in [0.2, 0.25) is 11.7 Å². The molecule has 2 aromatic rings. The minimum Gasteiger partial charge on any atom is -0.376 e. The van der Waals surface area contributed by atoms with Gasteiger partial charge in [-0.3, -0.25) is 0 Å². The van der Waals surface area contributed by atoms with Crippen LogP contribution in [0.1, 0.15) is 31.6 Å². The molecular formula is C20H26ClN3O3. The summed E-state index contributed by atoms with van der Waals surface area (Å²) >= 11 is 5.92. The summed E-state index contributed by atoms with van der Waals surface area (Å²) in [5.41, 5.74) is 0.915. The van der Waals surface area contributed by atoms with Crippen molar-refractivity contribution < 1.29 is 14.0 Å². The van der Waals surface area contributed by atoms with Crippen molar-refractivity contribution in [1.82, 2.24) is 15.0 Å². The fourth-order valence-electron chi connectivity index (χ4n) is 3.65. The van der Waals surface area contributed by atoms with E-state index in [-0.39, 0.29) is 0 Å². The molecule has 1 aromatic heterocycles. The smallest absolute Gasteiger partial charge is 0.228 e. The summed E-state index contributed by atoms with van der Waals surface area (Å²) in [6.45, 7) is 4.67. The van der Waals surface area contributed by atoms with E-state index in [9.17, 15) is 0 Å². The molecule has 0 spiro atoms.